The molecule has 0 aliphatic carbocycles. The monoisotopic (exact) mass is 237 g/mol. The fraction of sp³-hybridized carbons (Fsp3) is 0.500. The van der Waals surface area contributed by atoms with Crippen molar-refractivity contribution in [2.75, 3.05) is 25.6 Å². The summed E-state index contributed by atoms with van der Waals surface area (Å²) in [7, 11) is 3.80. The molecule has 5 heteroatoms. The van der Waals surface area contributed by atoms with Crippen molar-refractivity contribution in [2.45, 2.75) is 19.4 Å². The van der Waals surface area contributed by atoms with Gasteiger partial charge >= 0.3 is 0 Å². The first-order valence-corrected chi connectivity index (χ1v) is 5.63. The molecule has 0 aromatic carbocycles. The van der Waals surface area contributed by atoms with Crippen LogP contribution in [-0.2, 0) is 0 Å². The molecular formula is C12H19N3O2. The summed E-state index contributed by atoms with van der Waals surface area (Å²) < 4.78 is 0. The van der Waals surface area contributed by atoms with Gasteiger partial charge in [0, 0.05) is 26.0 Å². The first-order chi connectivity index (χ1) is 8.08. The van der Waals surface area contributed by atoms with E-state index in [-0.39, 0.29) is 18.6 Å². The molecule has 0 saturated carbocycles. The van der Waals surface area contributed by atoms with E-state index >= 15 is 0 Å². The van der Waals surface area contributed by atoms with Crippen molar-refractivity contribution >= 4 is 11.6 Å². The van der Waals surface area contributed by atoms with E-state index in [9.17, 15) is 4.79 Å². The van der Waals surface area contributed by atoms with Gasteiger partial charge < -0.3 is 15.3 Å². The fourth-order valence-electron chi connectivity index (χ4n) is 1.36. The minimum atomic E-state index is -0.255. The summed E-state index contributed by atoms with van der Waals surface area (Å²) in [6.07, 6.45) is 2.29. The normalized spacial score (nSPS) is 12.0. The minimum Gasteiger partial charge on any atom is -0.394 e. The summed E-state index contributed by atoms with van der Waals surface area (Å²) in [6, 6.07) is 3.34. The number of anilines is 1. The van der Waals surface area contributed by atoms with Crippen LogP contribution in [0.5, 0.6) is 0 Å². The Kier molecular flexibility index (Phi) is 4.90. The van der Waals surface area contributed by atoms with Crippen molar-refractivity contribution in [3.8, 4) is 0 Å². The van der Waals surface area contributed by atoms with E-state index in [4.69, 9.17) is 5.11 Å². The van der Waals surface area contributed by atoms with Crippen molar-refractivity contribution in [1.82, 2.24) is 10.3 Å². The predicted molar refractivity (Wildman–Crippen MR) is 67.2 cm³/mol. The maximum Gasteiger partial charge on any atom is 0.270 e. The molecule has 1 rings (SSSR count). The lowest BCUT2D eigenvalue weighted by Gasteiger charge is -2.15. The second-order valence-electron chi connectivity index (χ2n) is 4.05. The van der Waals surface area contributed by atoms with Gasteiger partial charge in [-0.25, -0.2) is 0 Å². The third-order valence-corrected chi connectivity index (χ3v) is 2.54. The molecule has 0 bridgehead atoms. The molecule has 1 heterocycles. The molecule has 17 heavy (non-hydrogen) atoms. The fourth-order valence-corrected chi connectivity index (χ4v) is 1.36. The molecule has 1 aromatic rings. The Morgan fingerprint density at radius 2 is 2.29 bits per heavy atom. The number of pyridine rings is 1. The highest BCUT2D eigenvalue weighted by molar-refractivity contribution is 5.93. The Labute approximate surface area is 101 Å². The maximum atomic E-state index is 11.8. The molecule has 0 spiro atoms. The van der Waals surface area contributed by atoms with E-state index in [1.54, 1.807) is 12.3 Å². The van der Waals surface area contributed by atoms with Crippen LogP contribution in [-0.4, -0.2) is 42.7 Å². The maximum absolute atomic E-state index is 11.8. The molecule has 0 fully saturated rings. The number of amides is 1. The van der Waals surface area contributed by atoms with E-state index in [1.165, 1.54) is 0 Å². The smallest absolute Gasteiger partial charge is 0.270 e. The van der Waals surface area contributed by atoms with Gasteiger partial charge in [-0.3, -0.25) is 9.78 Å². The van der Waals surface area contributed by atoms with Gasteiger partial charge in [0.15, 0.2) is 0 Å². The quantitative estimate of drug-likeness (QED) is 0.789. The molecule has 1 amide bonds. The highest BCUT2D eigenvalue weighted by Gasteiger charge is 2.12. The summed E-state index contributed by atoms with van der Waals surface area (Å²) in [5.41, 5.74) is 1.28. The molecule has 5 nitrogen and oxygen atoms in total. The Bertz CT molecular complexity index is 376. The Morgan fingerprint density at radius 1 is 1.59 bits per heavy atom. The predicted octanol–water partition coefficient (Wildman–Crippen LogP) is 0.648. The van der Waals surface area contributed by atoms with Gasteiger partial charge in [0.1, 0.15) is 5.69 Å². The van der Waals surface area contributed by atoms with Crippen LogP contribution in [0, 0.1) is 0 Å². The van der Waals surface area contributed by atoms with Crippen molar-refractivity contribution in [2.24, 2.45) is 0 Å². The SMILES string of the molecule is CC[C@@H](CO)NC(=O)c1cc(N(C)C)ccn1. The first-order valence-electron chi connectivity index (χ1n) is 5.63. The topological polar surface area (TPSA) is 65.5 Å². The second kappa shape index (κ2) is 6.20. The lowest BCUT2D eigenvalue weighted by atomic mass is 10.2. The van der Waals surface area contributed by atoms with Crippen molar-refractivity contribution < 1.29 is 9.90 Å². The number of hydrogen-bond donors (Lipinski definition) is 2. The van der Waals surface area contributed by atoms with Crippen LogP contribution in [0.1, 0.15) is 23.8 Å². The summed E-state index contributed by atoms with van der Waals surface area (Å²) in [6.45, 7) is 1.85. The lowest BCUT2D eigenvalue weighted by Crippen LogP contribution is -2.37. The molecular weight excluding hydrogens is 218 g/mol. The van der Waals surface area contributed by atoms with Crippen molar-refractivity contribution in [3.63, 3.8) is 0 Å². The number of hydrogen-bond acceptors (Lipinski definition) is 4. The summed E-state index contributed by atoms with van der Waals surface area (Å²) >= 11 is 0. The largest absolute Gasteiger partial charge is 0.394 e. The summed E-state index contributed by atoms with van der Waals surface area (Å²) in [5, 5.41) is 11.8. The van der Waals surface area contributed by atoms with Crippen LogP contribution in [0.2, 0.25) is 0 Å². The lowest BCUT2D eigenvalue weighted by molar-refractivity contribution is 0.0910. The number of nitrogens with one attached hydrogen (secondary N) is 1. The third-order valence-electron chi connectivity index (χ3n) is 2.54. The molecule has 1 atom stereocenters. The Hall–Kier alpha value is -1.62. The van der Waals surface area contributed by atoms with Gasteiger partial charge in [-0.15, -0.1) is 0 Å². The third kappa shape index (κ3) is 3.71. The molecule has 0 aliphatic heterocycles. The number of carbonyl (C=O) groups excluding carboxylic acids is 1. The van der Waals surface area contributed by atoms with E-state index in [0.717, 1.165) is 5.69 Å². The Balaban J connectivity index is 2.78. The summed E-state index contributed by atoms with van der Waals surface area (Å²) in [5.74, 6) is -0.255. The van der Waals surface area contributed by atoms with Crippen LogP contribution < -0.4 is 10.2 Å². The minimum absolute atomic E-state index is 0.0599. The van der Waals surface area contributed by atoms with E-state index in [1.807, 2.05) is 32.0 Å². The molecule has 0 saturated heterocycles. The van der Waals surface area contributed by atoms with Gasteiger partial charge in [-0.1, -0.05) is 6.92 Å². The summed E-state index contributed by atoms with van der Waals surface area (Å²) in [4.78, 5) is 17.8. The van der Waals surface area contributed by atoms with E-state index in [2.05, 4.69) is 10.3 Å². The average molecular weight is 237 g/mol. The van der Waals surface area contributed by atoms with Crippen LogP contribution in [0.15, 0.2) is 18.3 Å². The molecule has 0 aliphatic rings. The zero-order valence-electron chi connectivity index (χ0n) is 10.5. The van der Waals surface area contributed by atoms with Crippen LogP contribution in [0.4, 0.5) is 5.69 Å². The zero-order valence-corrected chi connectivity index (χ0v) is 10.5. The number of rotatable bonds is 5. The first kappa shape index (κ1) is 13.4. The number of aliphatic hydroxyl groups is 1. The van der Waals surface area contributed by atoms with E-state index in [0.29, 0.717) is 12.1 Å². The highest BCUT2D eigenvalue weighted by atomic mass is 16.3. The molecule has 0 unspecified atom stereocenters. The van der Waals surface area contributed by atoms with Gasteiger partial charge in [0.25, 0.3) is 5.91 Å². The number of nitrogens with zero attached hydrogens (tertiary/aromatic N) is 2. The number of aliphatic hydroxyl groups excluding tert-OH is 1. The number of aromatic nitrogens is 1. The Morgan fingerprint density at radius 3 is 2.82 bits per heavy atom. The van der Waals surface area contributed by atoms with Gasteiger partial charge in [0.05, 0.1) is 12.6 Å². The van der Waals surface area contributed by atoms with Gasteiger partial charge in [-0.05, 0) is 18.6 Å². The van der Waals surface area contributed by atoms with E-state index < -0.39 is 0 Å². The number of carbonyl (C=O) groups is 1. The standard InChI is InChI=1S/C12H19N3O2/c1-4-9(8-16)14-12(17)11-7-10(15(2)3)5-6-13-11/h5-7,9,16H,4,8H2,1-3H3,(H,14,17)/t9-/m0/s1. The zero-order chi connectivity index (χ0) is 12.8. The average Bonchev–Trinajstić information content (AvgIpc) is 2.35. The molecule has 2 N–H and O–H groups in total. The molecule has 0 radical (unpaired) electrons. The molecule has 1 aromatic heterocycles. The van der Waals surface area contributed by atoms with Crippen LogP contribution >= 0.6 is 0 Å². The van der Waals surface area contributed by atoms with Gasteiger partial charge in [0.2, 0.25) is 0 Å². The molecule has 94 valence electrons. The van der Waals surface area contributed by atoms with Crippen molar-refractivity contribution in [1.29, 1.82) is 0 Å². The van der Waals surface area contributed by atoms with Crippen LogP contribution in [0.25, 0.3) is 0 Å². The van der Waals surface area contributed by atoms with Crippen molar-refractivity contribution in [3.05, 3.63) is 24.0 Å². The van der Waals surface area contributed by atoms with Crippen LogP contribution in [0.3, 0.4) is 0 Å². The second-order valence-corrected chi connectivity index (χ2v) is 4.05. The van der Waals surface area contributed by atoms with Gasteiger partial charge in [-0.2, -0.15) is 0 Å². The highest BCUT2D eigenvalue weighted by Crippen LogP contribution is 2.11.